The Balaban J connectivity index is 2.05. The molecule has 2 bridgehead atoms. The van der Waals surface area contributed by atoms with Crippen LogP contribution in [0.2, 0.25) is 10.0 Å². The first kappa shape index (κ1) is 16.3. The predicted octanol–water partition coefficient (Wildman–Crippen LogP) is 2.52. The Morgan fingerprint density at radius 3 is 2.64 bits per heavy atom. The van der Waals surface area contributed by atoms with Crippen LogP contribution in [-0.4, -0.2) is 45.0 Å². The van der Waals surface area contributed by atoms with Crippen molar-refractivity contribution in [2.45, 2.75) is 36.2 Å². The molecule has 22 heavy (non-hydrogen) atoms. The van der Waals surface area contributed by atoms with Crippen molar-refractivity contribution in [1.82, 2.24) is 9.62 Å². The lowest BCUT2D eigenvalue weighted by atomic mass is 10.1. The summed E-state index contributed by atoms with van der Waals surface area (Å²) in [5.41, 5.74) is 0. The van der Waals surface area contributed by atoms with Crippen molar-refractivity contribution in [3.8, 4) is 5.75 Å². The van der Waals surface area contributed by atoms with Crippen molar-refractivity contribution < 1.29 is 13.2 Å². The quantitative estimate of drug-likeness (QED) is 0.894. The molecule has 1 aromatic carbocycles. The highest BCUT2D eigenvalue weighted by Crippen LogP contribution is 2.39. The Morgan fingerprint density at radius 2 is 1.91 bits per heavy atom. The van der Waals surface area contributed by atoms with Crippen LogP contribution in [0.4, 0.5) is 0 Å². The first-order valence-electron chi connectivity index (χ1n) is 7.22. The van der Waals surface area contributed by atoms with Gasteiger partial charge in [0, 0.05) is 24.7 Å². The normalized spacial score (nSPS) is 26.0. The van der Waals surface area contributed by atoms with Crippen LogP contribution < -0.4 is 10.1 Å². The molecular formula is C14H18Cl2N2O3S. The van der Waals surface area contributed by atoms with Gasteiger partial charge in [-0.2, -0.15) is 4.31 Å². The van der Waals surface area contributed by atoms with E-state index in [1.807, 2.05) is 0 Å². The zero-order valence-corrected chi connectivity index (χ0v) is 14.5. The van der Waals surface area contributed by atoms with Gasteiger partial charge >= 0.3 is 0 Å². The fourth-order valence-corrected chi connectivity index (χ4v) is 6.04. The van der Waals surface area contributed by atoms with Gasteiger partial charge in [-0.25, -0.2) is 8.42 Å². The smallest absolute Gasteiger partial charge is 0.245 e. The lowest BCUT2D eigenvalue weighted by molar-refractivity contribution is 0.334. The van der Waals surface area contributed by atoms with Gasteiger partial charge in [0.1, 0.15) is 10.6 Å². The van der Waals surface area contributed by atoms with Gasteiger partial charge in [0.15, 0.2) is 0 Å². The van der Waals surface area contributed by atoms with E-state index in [4.69, 9.17) is 27.9 Å². The minimum atomic E-state index is -3.68. The van der Waals surface area contributed by atoms with Gasteiger partial charge in [-0.3, -0.25) is 0 Å². The van der Waals surface area contributed by atoms with Crippen LogP contribution >= 0.6 is 23.2 Å². The molecule has 0 spiro atoms. The largest absolute Gasteiger partial charge is 0.495 e. The molecule has 2 atom stereocenters. The topological polar surface area (TPSA) is 58.6 Å². The van der Waals surface area contributed by atoms with Crippen LogP contribution in [-0.2, 0) is 10.0 Å². The monoisotopic (exact) mass is 364 g/mol. The van der Waals surface area contributed by atoms with E-state index in [9.17, 15) is 8.42 Å². The highest BCUT2D eigenvalue weighted by Gasteiger charge is 2.43. The zero-order valence-electron chi connectivity index (χ0n) is 12.2. The van der Waals surface area contributed by atoms with Gasteiger partial charge in [-0.1, -0.05) is 23.2 Å². The van der Waals surface area contributed by atoms with E-state index in [-0.39, 0.29) is 27.0 Å². The molecule has 0 aliphatic carbocycles. The summed E-state index contributed by atoms with van der Waals surface area (Å²) in [6.45, 7) is 1.52. The maximum Gasteiger partial charge on any atom is 0.245 e. The molecule has 0 radical (unpaired) electrons. The number of halogens is 2. The number of benzene rings is 1. The van der Waals surface area contributed by atoms with E-state index >= 15 is 0 Å². The summed E-state index contributed by atoms with van der Waals surface area (Å²) < 4.78 is 32.9. The SMILES string of the molecule is COc1cc(Cl)c(S(=O)(=O)N2C3CCNCC2CC3)cc1Cl. The molecule has 1 N–H and O–H groups in total. The summed E-state index contributed by atoms with van der Waals surface area (Å²) in [6.07, 6.45) is 2.59. The molecule has 2 unspecified atom stereocenters. The molecule has 2 saturated heterocycles. The molecule has 122 valence electrons. The molecule has 2 fully saturated rings. The van der Waals surface area contributed by atoms with Crippen LogP contribution in [0.25, 0.3) is 0 Å². The van der Waals surface area contributed by atoms with Gasteiger partial charge in [-0.15, -0.1) is 0 Å². The fourth-order valence-electron chi connectivity index (χ4n) is 3.31. The molecule has 5 nitrogen and oxygen atoms in total. The van der Waals surface area contributed by atoms with Crippen molar-refractivity contribution in [1.29, 1.82) is 0 Å². The van der Waals surface area contributed by atoms with Gasteiger partial charge in [0.25, 0.3) is 0 Å². The van der Waals surface area contributed by atoms with E-state index in [0.717, 1.165) is 25.8 Å². The summed E-state index contributed by atoms with van der Waals surface area (Å²) in [6, 6.07) is 2.85. The molecule has 2 aliphatic rings. The van der Waals surface area contributed by atoms with Crippen molar-refractivity contribution in [2.24, 2.45) is 0 Å². The van der Waals surface area contributed by atoms with Crippen LogP contribution in [0.5, 0.6) is 5.75 Å². The number of ether oxygens (including phenoxy) is 1. The molecular weight excluding hydrogens is 347 g/mol. The number of hydrogen-bond donors (Lipinski definition) is 1. The first-order valence-corrected chi connectivity index (χ1v) is 9.42. The Bertz CT molecular complexity index is 667. The minimum Gasteiger partial charge on any atom is -0.495 e. The van der Waals surface area contributed by atoms with E-state index in [2.05, 4.69) is 5.32 Å². The lowest BCUT2D eigenvalue weighted by Gasteiger charge is -2.27. The maximum atomic E-state index is 13.1. The van der Waals surface area contributed by atoms with Crippen molar-refractivity contribution in [3.63, 3.8) is 0 Å². The first-order chi connectivity index (χ1) is 10.4. The Morgan fingerprint density at radius 1 is 1.18 bits per heavy atom. The number of methoxy groups -OCH3 is 1. The summed E-state index contributed by atoms with van der Waals surface area (Å²) in [4.78, 5) is 0.0544. The third kappa shape index (κ3) is 2.71. The number of nitrogens with one attached hydrogen (secondary N) is 1. The van der Waals surface area contributed by atoms with Crippen LogP contribution in [0, 0.1) is 0 Å². The minimum absolute atomic E-state index is 0.0190. The molecule has 0 aromatic heterocycles. The average Bonchev–Trinajstić information content (AvgIpc) is 2.74. The van der Waals surface area contributed by atoms with E-state index in [1.165, 1.54) is 19.2 Å². The highest BCUT2D eigenvalue weighted by atomic mass is 35.5. The van der Waals surface area contributed by atoms with Crippen LogP contribution in [0.3, 0.4) is 0 Å². The average molecular weight is 365 g/mol. The number of rotatable bonds is 3. The van der Waals surface area contributed by atoms with Crippen LogP contribution in [0.1, 0.15) is 19.3 Å². The second-order valence-electron chi connectivity index (χ2n) is 5.63. The van der Waals surface area contributed by atoms with E-state index in [1.54, 1.807) is 4.31 Å². The summed E-state index contributed by atoms with van der Waals surface area (Å²) in [5.74, 6) is 0.367. The predicted molar refractivity (Wildman–Crippen MR) is 86.3 cm³/mol. The van der Waals surface area contributed by atoms with Crippen molar-refractivity contribution >= 4 is 33.2 Å². The molecule has 3 rings (SSSR count). The Hall–Kier alpha value is -0.530. The molecule has 0 amide bonds. The summed E-state index contributed by atoms with van der Waals surface area (Å²) >= 11 is 12.3. The van der Waals surface area contributed by atoms with Gasteiger partial charge in [-0.05, 0) is 31.9 Å². The molecule has 2 heterocycles. The lowest BCUT2D eigenvalue weighted by Crippen LogP contribution is -2.42. The Kier molecular flexibility index (Phi) is 4.58. The molecule has 1 aromatic rings. The number of fused-ring (bicyclic) bond motifs is 2. The second-order valence-corrected chi connectivity index (χ2v) is 8.26. The van der Waals surface area contributed by atoms with Crippen LogP contribution in [0.15, 0.2) is 17.0 Å². The second kappa shape index (κ2) is 6.17. The molecule has 2 aliphatic heterocycles. The number of hydrogen-bond acceptors (Lipinski definition) is 4. The van der Waals surface area contributed by atoms with Gasteiger partial charge in [0.05, 0.1) is 17.2 Å². The third-order valence-corrected chi connectivity index (χ3v) is 7.11. The highest BCUT2D eigenvalue weighted by molar-refractivity contribution is 7.89. The third-order valence-electron chi connectivity index (χ3n) is 4.35. The number of sulfonamides is 1. The van der Waals surface area contributed by atoms with Crippen molar-refractivity contribution in [3.05, 3.63) is 22.2 Å². The van der Waals surface area contributed by atoms with Crippen molar-refractivity contribution in [2.75, 3.05) is 20.2 Å². The fraction of sp³-hybridized carbons (Fsp3) is 0.571. The summed E-state index contributed by atoms with van der Waals surface area (Å²) in [7, 11) is -2.21. The molecule has 0 saturated carbocycles. The summed E-state index contributed by atoms with van der Waals surface area (Å²) in [5, 5.41) is 3.67. The van der Waals surface area contributed by atoms with E-state index < -0.39 is 10.0 Å². The Labute approximate surface area is 140 Å². The zero-order chi connectivity index (χ0) is 15.9. The molecule has 8 heteroatoms. The van der Waals surface area contributed by atoms with Gasteiger partial charge in [0.2, 0.25) is 10.0 Å². The maximum absolute atomic E-state index is 13.1. The van der Waals surface area contributed by atoms with Gasteiger partial charge < -0.3 is 10.1 Å². The van der Waals surface area contributed by atoms with E-state index in [0.29, 0.717) is 12.3 Å². The number of nitrogens with zero attached hydrogens (tertiary/aromatic N) is 1. The standard InChI is InChI=1S/C14H18Cl2N2O3S/c1-21-13-6-12(16)14(7-11(13)15)22(19,20)18-9-2-3-10(18)8-17-5-4-9/h6-7,9-10,17H,2-5,8H2,1H3.